The van der Waals surface area contributed by atoms with E-state index in [1.54, 1.807) is 0 Å². The largest absolute Gasteiger partial charge is 0.197 e. The van der Waals surface area contributed by atoms with E-state index in [4.69, 9.17) is 0 Å². The zero-order chi connectivity index (χ0) is 10.5. The molecule has 0 amide bonds. The SMILES string of the molecule is Cl.N#CC(c1ccccc1)c1ccccc1. The predicted octanol–water partition coefficient (Wildman–Crippen LogP) is 3.76. The highest BCUT2D eigenvalue weighted by atomic mass is 35.5. The van der Waals surface area contributed by atoms with Crippen LogP contribution in [0.4, 0.5) is 0 Å². The maximum absolute atomic E-state index is 9.18. The molecule has 0 aliphatic rings. The molecule has 0 heterocycles. The fourth-order valence-corrected chi connectivity index (χ4v) is 1.63. The van der Waals surface area contributed by atoms with Crippen molar-refractivity contribution < 1.29 is 0 Å². The molecule has 0 spiro atoms. The molecule has 0 aromatic heterocycles. The topological polar surface area (TPSA) is 23.8 Å². The third kappa shape index (κ3) is 2.62. The van der Waals surface area contributed by atoms with Gasteiger partial charge in [-0.1, -0.05) is 60.7 Å². The number of hydrogen-bond donors (Lipinski definition) is 0. The zero-order valence-electron chi connectivity index (χ0n) is 8.71. The van der Waals surface area contributed by atoms with Crippen molar-refractivity contribution in [2.45, 2.75) is 5.92 Å². The van der Waals surface area contributed by atoms with E-state index in [0.29, 0.717) is 0 Å². The van der Waals surface area contributed by atoms with E-state index in [1.807, 2.05) is 60.7 Å². The van der Waals surface area contributed by atoms with Crippen molar-refractivity contribution >= 4 is 12.4 Å². The molecule has 2 heteroatoms. The van der Waals surface area contributed by atoms with Crippen LogP contribution < -0.4 is 0 Å². The molecule has 2 rings (SSSR count). The van der Waals surface area contributed by atoms with E-state index in [9.17, 15) is 5.26 Å². The van der Waals surface area contributed by atoms with Crippen LogP contribution in [0.3, 0.4) is 0 Å². The molecule has 0 fully saturated rings. The summed E-state index contributed by atoms with van der Waals surface area (Å²) in [4.78, 5) is 0. The first kappa shape index (κ1) is 12.3. The van der Waals surface area contributed by atoms with Crippen LogP contribution in [0.2, 0.25) is 0 Å². The van der Waals surface area contributed by atoms with E-state index < -0.39 is 0 Å². The van der Waals surface area contributed by atoms with Gasteiger partial charge in [-0.05, 0) is 11.1 Å². The summed E-state index contributed by atoms with van der Waals surface area (Å²) >= 11 is 0. The molecular weight excluding hydrogens is 218 g/mol. The average molecular weight is 230 g/mol. The Balaban J connectivity index is 0.00000128. The minimum absolute atomic E-state index is 0. The maximum Gasteiger partial charge on any atom is 0.0962 e. The minimum atomic E-state index is -0.160. The summed E-state index contributed by atoms with van der Waals surface area (Å²) in [6, 6.07) is 22.0. The van der Waals surface area contributed by atoms with Crippen molar-refractivity contribution in [3.05, 3.63) is 71.8 Å². The van der Waals surface area contributed by atoms with Crippen molar-refractivity contribution in [1.82, 2.24) is 0 Å². The quantitative estimate of drug-likeness (QED) is 0.769. The van der Waals surface area contributed by atoms with Crippen LogP contribution in [0, 0.1) is 11.3 Å². The Morgan fingerprint density at radius 3 is 1.44 bits per heavy atom. The van der Waals surface area contributed by atoms with Gasteiger partial charge in [0.2, 0.25) is 0 Å². The molecule has 1 nitrogen and oxygen atoms in total. The molecule has 0 radical (unpaired) electrons. The van der Waals surface area contributed by atoms with Gasteiger partial charge in [-0.2, -0.15) is 5.26 Å². The van der Waals surface area contributed by atoms with E-state index in [0.717, 1.165) is 11.1 Å². The van der Waals surface area contributed by atoms with Crippen molar-refractivity contribution in [1.29, 1.82) is 5.26 Å². The van der Waals surface area contributed by atoms with Crippen molar-refractivity contribution in [2.24, 2.45) is 0 Å². The lowest BCUT2D eigenvalue weighted by atomic mass is 9.93. The molecule has 0 atom stereocenters. The first-order valence-electron chi connectivity index (χ1n) is 4.91. The van der Waals surface area contributed by atoms with Gasteiger partial charge in [-0.25, -0.2) is 0 Å². The highest BCUT2D eigenvalue weighted by Crippen LogP contribution is 2.22. The molecule has 80 valence electrons. The predicted molar refractivity (Wildman–Crippen MR) is 67.6 cm³/mol. The highest BCUT2D eigenvalue weighted by Gasteiger charge is 2.11. The van der Waals surface area contributed by atoms with Crippen LogP contribution in [-0.4, -0.2) is 0 Å². The van der Waals surface area contributed by atoms with Crippen LogP contribution in [0.1, 0.15) is 17.0 Å². The fraction of sp³-hybridized carbons (Fsp3) is 0.0714. The molecule has 0 saturated heterocycles. The lowest BCUT2D eigenvalue weighted by molar-refractivity contribution is 1.04. The van der Waals surface area contributed by atoms with Crippen LogP contribution in [-0.2, 0) is 0 Å². The van der Waals surface area contributed by atoms with Gasteiger partial charge < -0.3 is 0 Å². The van der Waals surface area contributed by atoms with Gasteiger partial charge >= 0.3 is 0 Å². The minimum Gasteiger partial charge on any atom is -0.197 e. The number of benzene rings is 2. The first-order valence-corrected chi connectivity index (χ1v) is 4.91. The van der Waals surface area contributed by atoms with Crippen LogP contribution in [0.25, 0.3) is 0 Å². The summed E-state index contributed by atoms with van der Waals surface area (Å²) in [5, 5.41) is 9.18. The number of nitrogens with zero attached hydrogens (tertiary/aromatic N) is 1. The molecule has 0 bridgehead atoms. The second-order valence-electron chi connectivity index (χ2n) is 3.38. The van der Waals surface area contributed by atoms with Crippen LogP contribution in [0.5, 0.6) is 0 Å². The number of halogens is 1. The standard InChI is InChI=1S/C14H11N.ClH/c15-11-14(12-7-3-1-4-8-12)13-9-5-2-6-10-13;/h1-10,14H;1H. The molecule has 0 saturated carbocycles. The summed E-state index contributed by atoms with van der Waals surface area (Å²) in [5.74, 6) is -0.160. The Kier molecular flexibility index (Phi) is 4.57. The summed E-state index contributed by atoms with van der Waals surface area (Å²) in [6.45, 7) is 0. The second-order valence-corrected chi connectivity index (χ2v) is 3.38. The summed E-state index contributed by atoms with van der Waals surface area (Å²) in [5.41, 5.74) is 2.09. The first-order chi connectivity index (χ1) is 7.42. The van der Waals surface area contributed by atoms with Crippen molar-refractivity contribution in [3.8, 4) is 6.07 Å². The molecule has 2 aromatic carbocycles. The average Bonchev–Trinajstić information content (AvgIpc) is 2.33. The smallest absolute Gasteiger partial charge is 0.0962 e. The van der Waals surface area contributed by atoms with E-state index in [2.05, 4.69) is 6.07 Å². The molecule has 0 N–H and O–H groups in total. The third-order valence-corrected chi connectivity index (χ3v) is 2.39. The Labute approximate surface area is 102 Å². The Morgan fingerprint density at radius 2 is 1.12 bits per heavy atom. The fourth-order valence-electron chi connectivity index (χ4n) is 1.63. The molecular formula is C14H12ClN. The van der Waals surface area contributed by atoms with Gasteiger partial charge in [0, 0.05) is 0 Å². The third-order valence-electron chi connectivity index (χ3n) is 2.39. The van der Waals surface area contributed by atoms with Gasteiger partial charge in [0.1, 0.15) is 0 Å². The van der Waals surface area contributed by atoms with Gasteiger partial charge in [0.25, 0.3) is 0 Å². The zero-order valence-corrected chi connectivity index (χ0v) is 9.52. The van der Waals surface area contributed by atoms with Gasteiger partial charge in [0.15, 0.2) is 0 Å². The van der Waals surface area contributed by atoms with Crippen LogP contribution in [0.15, 0.2) is 60.7 Å². The van der Waals surface area contributed by atoms with Gasteiger partial charge in [-0.15, -0.1) is 12.4 Å². The highest BCUT2D eigenvalue weighted by molar-refractivity contribution is 5.85. The molecule has 16 heavy (non-hydrogen) atoms. The molecule has 2 aromatic rings. The molecule has 0 aliphatic heterocycles. The second kappa shape index (κ2) is 5.95. The lowest BCUT2D eigenvalue weighted by Gasteiger charge is -2.08. The monoisotopic (exact) mass is 229 g/mol. The number of rotatable bonds is 2. The summed E-state index contributed by atoms with van der Waals surface area (Å²) in [7, 11) is 0. The van der Waals surface area contributed by atoms with E-state index in [1.165, 1.54) is 0 Å². The van der Waals surface area contributed by atoms with Gasteiger partial charge in [0.05, 0.1) is 12.0 Å². The maximum atomic E-state index is 9.18. The van der Waals surface area contributed by atoms with Gasteiger partial charge in [-0.3, -0.25) is 0 Å². The number of nitriles is 1. The molecule has 0 unspecified atom stereocenters. The number of hydrogen-bond acceptors (Lipinski definition) is 1. The molecule has 0 aliphatic carbocycles. The van der Waals surface area contributed by atoms with Crippen molar-refractivity contribution in [2.75, 3.05) is 0 Å². The summed E-state index contributed by atoms with van der Waals surface area (Å²) in [6.07, 6.45) is 0. The normalized spacial score (nSPS) is 9.25. The lowest BCUT2D eigenvalue weighted by Crippen LogP contribution is -1.96. The van der Waals surface area contributed by atoms with Crippen LogP contribution >= 0.6 is 12.4 Å². The Hall–Kier alpha value is -1.78. The Bertz CT molecular complexity index is 420. The Morgan fingerprint density at radius 1 is 0.750 bits per heavy atom. The van der Waals surface area contributed by atoms with E-state index >= 15 is 0 Å². The summed E-state index contributed by atoms with van der Waals surface area (Å²) < 4.78 is 0. The van der Waals surface area contributed by atoms with E-state index in [-0.39, 0.29) is 18.3 Å². The van der Waals surface area contributed by atoms with Crippen molar-refractivity contribution in [3.63, 3.8) is 0 Å².